The Morgan fingerprint density at radius 3 is 3.10 bits per heavy atom. The summed E-state index contributed by atoms with van der Waals surface area (Å²) in [6, 6.07) is 5.93. The molecule has 0 radical (unpaired) electrons. The van der Waals surface area contributed by atoms with Crippen LogP contribution in [0.4, 0.5) is 0 Å². The molecule has 1 aliphatic rings. The molecule has 0 unspecified atom stereocenters. The molecule has 0 bridgehead atoms. The normalized spacial score (nSPS) is 19.3. The predicted molar refractivity (Wildman–Crippen MR) is 78.0 cm³/mol. The number of aromatic amines is 1. The first kappa shape index (κ1) is 13.3. The number of carbonyl (C=O) groups excluding carboxylic acids is 1. The highest BCUT2D eigenvalue weighted by Gasteiger charge is 2.24. The number of nitrogens with zero attached hydrogens (tertiary/aromatic N) is 2. The first-order valence-corrected chi connectivity index (χ1v) is 7.48. The van der Waals surface area contributed by atoms with E-state index < -0.39 is 0 Å². The Balaban J connectivity index is 1.77. The van der Waals surface area contributed by atoms with Gasteiger partial charge in [0.25, 0.3) is 5.91 Å². The van der Waals surface area contributed by atoms with Crippen molar-refractivity contribution in [1.29, 1.82) is 0 Å². The molecule has 106 valence electrons. The first-order chi connectivity index (χ1) is 9.63. The van der Waals surface area contributed by atoms with Crippen LogP contribution in [-0.4, -0.2) is 46.8 Å². The molecule has 1 aliphatic heterocycles. The smallest absolute Gasteiger partial charge is 0.274 e. The molecule has 20 heavy (non-hydrogen) atoms. The van der Waals surface area contributed by atoms with Gasteiger partial charge in [-0.05, 0) is 32.0 Å². The second kappa shape index (κ2) is 5.38. The van der Waals surface area contributed by atoms with E-state index in [1.54, 1.807) is 16.2 Å². The molecule has 0 saturated carbocycles. The van der Waals surface area contributed by atoms with E-state index in [0.29, 0.717) is 25.4 Å². The molecule has 1 fully saturated rings. The van der Waals surface area contributed by atoms with Crippen LogP contribution in [0.25, 0.3) is 10.6 Å². The third kappa shape index (κ3) is 2.62. The van der Waals surface area contributed by atoms with Gasteiger partial charge in [-0.2, -0.15) is 5.10 Å². The minimum Gasteiger partial charge on any atom is -0.375 e. The second-order valence-corrected chi connectivity index (χ2v) is 6.30. The van der Waals surface area contributed by atoms with Crippen LogP contribution in [0.3, 0.4) is 0 Å². The van der Waals surface area contributed by atoms with E-state index in [1.807, 2.05) is 19.1 Å². The van der Waals surface area contributed by atoms with E-state index in [0.717, 1.165) is 10.6 Å². The van der Waals surface area contributed by atoms with Crippen molar-refractivity contribution >= 4 is 17.2 Å². The average Bonchev–Trinajstić information content (AvgIpc) is 3.06. The number of aryl methyl sites for hydroxylation is 1. The van der Waals surface area contributed by atoms with Gasteiger partial charge in [0, 0.05) is 18.0 Å². The Labute approximate surface area is 121 Å². The van der Waals surface area contributed by atoms with Crippen LogP contribution in [0.2, 0.25) is 0 Å². The van der Waals surface area contributed by atoms with E-state index in [2.05, 4.69) is 23.2 Å². The number of ether oxygens (including phenoxy) is 1. The van der Waals surface area contributed by atoms with Gasteiger partial charge in [-0.1, -0.05) is 0 Å². The number of rotatable bonds is 2. The van der Waals surface area contributed by atoms with Gasteiger partial charge in [0.2, 0.25) is 0 Å². The van der Waals surface area contributed by atoms with Crippen LogP contribution in [-0.2, 0) is 4.74 Å². The summed E-state index contributed by atoms with van der Waals surface area (Å²) >= 11 is 1.69. The van der Waals surface area contributed by atoms with Crippen LogP contribution in [0, 0.1) is 6.92 Å². The minimum atomic E-state index is -0.0315. The lowest BCUT2D eigenvalue weighted by Gasteiger charge is -2.30. The SMILES string of the molecule is Cc1ccc(-c2cc(C(=O)N3CCO[C@@H](C)C3)n[nH]2)s1. The van der Waals surface area contributed by atoms with Crippen molar-refractivity contribution in [2.45, 2.75) is 20.0 Å². The van der Waals surface area contributed by atoms with Crippen LogP contribution >= 0.6 is 11.3 Å². The number of morpholine rings is 1. The summed E-state index contributed by atoms with van der Waals surface area (Å²) in [7, 11) is 0. The minimum absolute atomic E-state index is 0.0315. The fourth-order valence-corrected chi connectivity index (χ4v) is 3.14. The summed E-state index contributed by atoms with van der Waals surface area (Å²) in [6.45, 7) is 5.88. The summed E-state index contributed by atoms with van der Waals surface area (Å²) < 4.78 is 5.45. The molecule has 1 N–H and O–H groups in total. The molecule has 6 heteroatoms. The molecule has 1 atom stereocenters. The van der Waals surface area contributed by atoms with Crippen molar-refractivity contribution in [3.63, 3.8) is 0 Å². The van der Waals surface area contributed by atoms with Crippen molar-refractivity contribution in [3.8, 4) is 10.6 Å². The van der Waals surface area contributed by atoms with Gasteiger partial charge >= 0.3 is 0 Å². The Kier molecular flexibility index (Phi) is 3.58. The number of H-pyrrole nitrogens is 1. The lowest BCUT2D eigenvalue weighted by atomic mass is 10.2. The zero-order valence-corrected chi connectivity index (χ0v) is 12.4. The third-order valence-electron chi connectivity index (χ3n) is 3.33. The fourth-order valence-electron chi connectivity index (χ4n) is 2.30. The van der Waals surface area contributed by atoms with Gasteiger partial charge in [-0.25, -0.2) is 0 Å². The van der Waals surface area contributed by atoms with Crippen molar-refractivity contribution in [1.82, 2.24) is 15.1 Å². The Morgan fingerprint density at radius 1 is 1.55 bits per heavy atom. The standard InChI is InChI=1S/C14H17N3O2S/c1-9-8-17(5-6-19-9)14(18)12-7-11(15-16-12)13-4-3-10(2)20-13/h3-4,7,9H,5-6,8H2,1-2H3,(H,15,16)/t9-/m0/s1. The first-order valence-electron chi connectivity index (χ1n) is 6.66. The molecule has 1 saturated heterocycles. The highest BCUT2D eigenvalue weighted by molar-refractivity contribution is 7.15. The van der Waals surface area contributed by atoms with Gasteiger partial charge in [-0.3, -0.25) is 9.89 Å². The van der Waals surface area contributed by atoms with E-state index in [9.17, 15) is 4.79 Å². The number of hydrogen-bond donors (Lipinski definition) is 1. The molecule has 5 nitrogen and oxygen atoms in total. The lowest BCUT2D eigenvalue weighted by molar-refractivity contribution is -0.0126. The highest BCUT2D eigenvalue weighted by atomic mass is 32.1. The van der Waals surface area contributed by atoms with Gasteiger partial charge in [0.15, 0.2) is 5.69 Å². The monoisotopic (exact) mass is 291 g/mol. The number of aromatic nitrogens is 2. The maximum atomic E-state index is 12.4. The van der Waals surface area contributed by atoms with Crippen LogP contribution < -0.4 is 0 Å². The second-order valence-electron chi connectivity index (χ2n) is 5.01. The van der Waals surface area contributed by atoms with Crippen LogP contribution in [0.15, 0.2) is 18.2 Å². The molecule has 2 aromatic rings. The molecule has 2 aromatic heterocycles. The summed E-state index contributed by atoms with van der Waals surface area (Å²) in [6.07, 6.45) is 0.0889. The topological polar surface area (TPSA) is 58.2 Å². The van der Waals surface area contributed by atoms with Crippen molar-refractivity contribution in [2.24, 2.45) is 0 Å². The summed E-state index contributed by atoms with van der Waals surface area (Å²) in [5.41, 5.74) is 1.37. The summed E-state index contributed by atoms with van der Waals surface area (Å²) in [5, 5.41) is 7.10. The quantitative estimate of drug-likeness (QED) is 0.923. The Hall–Kier alpha value is -1.66. The molecular weight excluding hydrogens is 274 g/mol. The Morgan fingerprint density at radius 2 is 2.40 bits per heavy atom. The van der Waals surface area contributed by atoms with Crippen molar-refractivity contribution < 1.29 is 9.53 Å². The molecule has 0 spiro atoms. The highest BCUT2D eigenvalue weighted by Crippen LogP contribution is 2.26. The molecule has 0 aliphatic carbocycles. The van der Waals surface area contributed by atoms with Gasteiger partial charge in [-0.15, -0.1) is 11.3 Å². The van der Waals surface area contributed by atoms with Crippen LogP contribution in [0.5, 0.6) is 0 Å². The van der Waals surface area contributed by atoms with E-state index in [4.69, 9.17) is 4.74 Å². The van der Waals surface area contributed by atoms with Crippen molar-refractivity contribution in [3.05, 3.63) is 28.8 Å². The van der Waals surface area contributed by atoms with Gasteiger partial charge in [0.1, 0.15) is 0 Å². The zero-order valence-electron chi connectivity index (χ0n) is 11.5. The molecule has 0 aromatic carbocycles. The Bertz CT molecular complexity index is 619. The fraction of sp³-hybridized carbons (Fsp3) is 0.429. The van der Waals surface area contributed by atoms with Crippen LogP contribution in [0.1, 0.15) is 22.3 Å². The zero-order chi connectivity index (χ0) is 14.1. The van der Waals surface area contributed by atoms with E-state index in [1.165, 1.54) is 4.88 Å². The maximum Gasteiger partial charge on any atom is 0.274 e. The number of hydrogen-bond acceptors (Lipinski definition) is 4. The lowest BCUT2D eigenvalue weighted by Crippen LogP contribution is -2.44. The van der Waals surface area contributed by atoms with Gasteiger partial charge < -0.3 is 9.64 Å². The van der Waals surface area contributed by atoms with E-state index in [-0.39, 0.29) is 12.0 Å². The average molecular weight is 291 g/mol. The molecule has 3 heterocycles. The number of nitrogens with one attached hydrogen (secondary N) is 1. The van der Waals surface area contributed by atoms with E-state index >= 15 is 0 Å². The molecule has 3 rings (SSSR count). The maximum absolute atomic E-state index is 12.4. The number of carbonyl (C=O) groups is 1. The summed E-state index contributed by atoms with van der Waals surface area (Å²) in [5.74, 6) is -0.0315. The largest absolute Gasteiger partial charge is 0.375 e. The number of thiophene rings is 1. The third-order valence-corrected chi connectivity index (χ3v) is 4.37. The van der Waals surface area contributed by atoms with Gasteiger partial charge in [0.05, 0.1) is 23.3 Å². The number of amides is 1. The molecular formula is C14H17N3O2S. The van der Waals surface area contributed by atoms with Crippen molar-refractivity contribution in [2.75, 3.05) is 19.7 Å². The molecule has 1 amide bonds. The predicted octanol–water partition coefficient (Wildman–Crippen LogP) is 2.31. The summed E-state index contributed by atoms with van der Waals surface area (Å²) in [4.78, 5) is 16.5.